The van der Waals surface area contributed by atoms with E-state index in [-0.39, 0.29) is 11.4 Å². The van der Waals surface area contributed by atoms with Gasteiger partial charge in [-0.15, -0.1) is 0 Å². The number of Topliss-reactive ketones (excluding diaryl/α,β-unsaturated/α-hetero) is 1. The molecule has 9 nitrogen and oxygen atoms in total. The van der Waals surface area contributed by atoms with Gasteiger partial charge in [-0.2, -0.15) is 0 Å². The summed E-state index contributed by atoms with van der Waals surface area (Å²) in [5.41, 5.74) is 0.767. The van der Waals surface area contributed by atoms with E-state index in [0.29, 0.717) is 11.4 Å². The number of carboxylic acids is 1. The van der Waals surface area contributed by atoms with Crippen molar-refractivity contribution in [1.29, 1.82) is 0 Å². The molecule has 0 aliphatic heterocycles. The molecule has 140 valence electrons. The Labute approximate surface area is 153 Å². The molecule has 27 heavy (non-hydrogen) atoms. The predicted octanol–water partition coefficient (Wildman–Crippen LogP) is 2.29. The molecule has 3 N–H and O–H groups in total. The lowest BCUT2D eigenvalue weighted by molar-refractivity contribution is -0.144. The van der Waals surface area contributed by atoms with E-state index in [4.69, 9.17) is 14.6 Å². The highest BCUT2D eigenvalue weighted by atomic mass is 16.6. The van der Waals surface area contributed by atoms with Crippen LogP contribution in [0.4, 0.5) is 16.2 Å². The molecule has 2 rings (SSSR count). The Morgan fingerprint density at radius 1 is 0.852 bits per heavy atom. The van der Waals surface area contributed by atoms with Gasteiger partial charge in [0, 0.05) is 11.4 Å². The summed E-state index contributed by atoms with van der Waals surface area (Å²) in [6.07, 6.45) is -1.60. The summed E-state index contributed by atoms with van der Waals surface area (Å²) < 4.78 is 10.1. The van der Waals surface area contributed by atoms with Crippen molar-refractivity contribution in [1.82, 2.24) is 0 Å². The van der Waals surface area contributed by atoms with Gasteiger partial charge >= 0.3 is 12.1 Å². The van der Waals surface area contributed by atoms with E-state index in [9.17, 15) is 19.2 Å². The van der Waals surface area contributed by atoms with Crippen LogP contribution in [0.2, 0.25) is 0 Å². The van der Waals surface area contributed by atoms with E-state index in [2.05, 4.69) is 10.6 Å². The molecule has 0 saturated heterocycles. The molecule has 0 atom stereocenters. The number of amides is 2. The second-order valence-corrected chi connectivity index (χ2v) is 5.22. The summed E-state index contributed by atoms with van der Waals surface area (Å²) in [5, 5.41) is 13.3. The molecule has 9 heteroatoms. The summed E-state index contributed by atoms with van der Waals surface area (Å²) >= 11 is 0. The first-order chi connectivity index (χ1) is 12.9. The minimum Gasteiger partial charge on any atom is -0.497 e. The van der Waals surface area contributed by atoms with Gasteiger partial charge in [0.2, 0.25) is 5.78 Å². The molecular formula is C18H16N2O7. The highest BCUT2D eigenvalue weighted by molar-refractivity contribution is 6.42. The monoisotopic (exact) mass is 372 g/mol. The fraction of sp³-hybridized carbons (Fsp3) is 0.111. The zero-order chi connectivity index (χ0) is 19.8. The first-order valence-corrected chi connectivity index (χ1v) is 7.66. The SMILES string of the molecule is COc1ccc(NC(=O)Oc2ccc(NC(=O)C(=O)CC(=O)O)cc2)cc1. The van der Waals surface area contributed by atoms with Crippen LogP contribution in [0.1, 0.15) is 6.42 Å². The van der Waals surface area contributed by atoms with Crippen LogP contribution >= 0.6 is 0 Å². The minimum atomic E-state index is -1.39. The van der Waals surface area contributed by atoms with Gasteiger partial charge in [-0.3, -0.25) is 19.7 Å². The summed E-state index contributed by atoms with van der Waals surface area (Å²) in [7, 11) is 1.53. The van der Waals surface area contributed by atoms with Crippen LogP contribution in [0.15, 0.2) is 48.5 Å². The van der Waals surface area contributed by atoms with Gasteiger partial charge < -0.3 is 19.9 Å². The lowest BCUT2D eigenvalue weighted by Crippen LogP contribution is -2.24. The molecule has 0 fully saturated rings. The molecule has 2 aromatic carbocycles. The van der Waals surface area contributed by atoms with E-state index < -0.39 is 30.2 Å². The molecule has 0 spiro atoms. The summed E-state index contributed by atoms with van der Waals surface area (Å²) in [6.45, 7) is 0. The summed E-state index contributed by atoms with van der Waals surface area (Å²) in [4.78, 5) is 45.1. The Bertz CT molecular complexity index is 845. The van der Waals surface area contributed by atoms with Crippen molar-refractivity contribution < 1.29 is 33.8 Å². The normalized spacial score (nSPS) is 9.81. The number of carbonyl (C=O) groups excluding carboxylic acids is 3. The van der Waals surface area contributed by atoms with E-state index in [1.54, 1.807) is 24.3 Å². The zero-order valence-corrected chi connectivity index (χ0v) is 14.2. The molecule has 0 aliphatic carbocycles. The number of nitrogens with one attached hydrogen (secondary N) is 2. The van der Waals surface area contributed by atoms with Gasteiger partial charge in [-0.05, 0) is 48.5 Å². The molecule has 0 bridgehead atoms. The topological polar surface area (TPSA) is 131 Å². The van der Waals surface area contributed by atoms with E-state index in [1.165, 1.54) is 31.4 Å². The van der Waals surface area contributed by atoms with Crippen LogP contribution in [-0.2, 0) is 14.4 Å². The first kappa shape index (κ1) is 19.4. The fourth-order valence-corrected chi connectivity index (χ4v) is 1.95. The number of methoxy groups -OCH3 is 1. The van der Waals surface area contributed by atoms with Crippen molar-refractivity contribution in [3.63, 3.8) is 0 Å². The maximum absolute atomic E-state index is 11.9. The van der Waals surface area contributed by atoms with Crippen molar-refractivity contribution in [2.75, 3.05) is 17.7 Å². The Hall–Kier alpha value is -3.88. The molecule has 2 aromatic rings. The Balaban J connectivity index is 1.88. The van der Waals surface area contributed by atoms with Crippen LogP contribution in [0.25, 0.3) is 0 Å². The number of anilines is 2. The third-order valence-corrected chi connectivity index (χ3v) is 3.22. The Kier molecular flexibility index (Phi) is 6.48. The third-order valence-electron chi connectivity index (χ3n) is 3.22. The van der Waals surface area contributed by atoms with E-state index in [0.717, 1.165) is 0 Å². The molecule has 0 unspecified atom stereocenters. The fourth-order valence-electron chi connectivity index (χ4n) is 1.95. The lowest BCUT2D eigenvalue weighted by Gasteiger charge is -2.08. The third kappa shape index (κ3) is 6.16. The van der Waals surface area contributed by atoms with Crippen LogP contribution in [0, 0.1) is 0 Å². The Morgan fingerprint density at radius 2 is 1.37 bits per heavy atom. The smallest absolute Gasteiger partial charge is 0.417 e. The van der Waals surface area contributed by atoms with Crippen LogP contribution in [0.3, 0.4) is 0 Å². The van der Waals surface area contributed by atoms with Crippen LogP contribution in [0.5, 0.6) is 11.5 Å². The predicted molar refractivity (Wildman–Crippen MR) is 95.0 cm³/mol. The number of benzene rings is 2. The second kappa shape index (κ2) is 8.99. The average molecular weight is 372 g/mol. The van der Waals surface area contributed by atoms with E-state index in [1.807, 2.05) is 0 Å². The average Bonchev–Trinajstić information content (AvgIpc) is 2.63. The van der Waals surface area contributed by atoms with Crippen LogP contribution < -0.4 is 20.1 Å². The number of ether oxygens (including phenoxy) is 2. The Morgan fingerprint density at radius 3 is 1.89 bits per heavy atom. The van der Waals surface area contributed by atoms with Gasteiger partial charge in [0.25, 0.3) is 5.91 Å². The van der Waals surface area contributed by atoms with Gasteiger partial charge in [-0.25, -0.2) is 4.79 Å². The van der Waals surface area contributed by atoms with Crippen molar-refractivity contribution >= 4 is 35.1 Å². The van der Waals surface area contributed by atoms with E-state index >= 15 is 0 Å². The number of carbonyl (C=O) groups is 4. The van der Waals surface area contributed by atoms with Crippen molar-refractivity contribution in [3.8, 4) is 11.5 Å². The number of hydrogen-bond acceptors (Lipinski definition) is 6. The van der Waals surface area contributed by atoms with Gasteiger partial charge in [0.1, 0.15) is 17.9 Å². The van der Waals surface area contributed by atoms with Gasteiger partial charge in [0.05, 0.1) is 7.11 Å². The quantitative estimate of drug-likeness (QED) is 0.502. The lowest BCUT2D eigenvalue weighted by atomic mass is 10.2. The second-order valence-electron chi connectivity index (χ2n) is 5.22. The number of carboxylic acid groups (broad SMARTS) is 1. The molecule has 0 radical (unpaired) electrons. The molecule has 0 saturated carbocycles. The van der Waals surface area contributed by atoms with Crippen molar-refractivity contribution in [3.05, 3.63) is 48.5 Å². The maximum atomic E-state index is 11.9. The van der Waals surface area contributed by atoms with Crippen molar-refractivity contribution in [2.45, 2.75) is 6.42 Å². The molecule has 0 aromatic heterocycles. The van der Waals surface area contributed by atoms with Gasteiger partial charge in [-0.1, -0.05) is 0 Å². The largest absolute Gasteiger partial charge is 0.497 e. The maximum Gasteiger partial charge on any atom is 0.417 e. The first-order valence-electron chi connectivity index (χ1n) is 7.66. The number of aliphatic carboxylic acids is 1. The molecular weight excluding hydrogens is 356 g/mol. The number of hydrogen-bond donors (Lipinski definition) is 3. The highest BCUT2D eigenvalue weighted by Crippen LogP contribution is 2.18. The molecule has 0 aliphatic rings. The molecule has 0 heterocycles. The van der Waals surface area contributed by atoms with Gasteiger partial charge in [0.15, 0.2) is 0 Å². The number of rotatable bonds is 7. The summed E-state index contributed by atoms with van der Waals surface area (Å²) in [5.74, 6) is -2.64. The summed E-state index contributed by atoms with van der Waals surface area (Å²) in [6, 6.07) is 12.3. The van der Waals surface area contributed by atoms with Crippen LogP contribution in [-0.4, -0.2) is 36.0 Å². The number of ketones is 1. The zero-order valence-electron chi connectivity index (χ0n) is 14.2. The molecule has 2 amide bonds. The van der Waals surface area contributed by atoms with Crippen molar-refractivity contribution in [2.24, 2.45) is 0 Å². The standard InChI is InChI=1S/C18H16N2O7/c1-26-13-6-2-12(3-7-13)20-18(25)27-14-8-4-11(5-9-14)19-17(24)15(21)10-16(22)23/h2-9H,10H2,1H3,(H,19,24)(H,20,25)(H,22,23). The highest BCUT2D eigenvalue weighted by Gasteiger charge is 2.17. The minimum absolute atomic E-state index is 0.205.